The topological polar surface area (TPSA) is 31.5 Å². The Morgan fingerprint density at radius 3 is 1.20 bits per heavy atom. The highest BCUT2D eigenvalue weighted by molar-refractivity contribution is 5.96. The average molecular weight is 79.7 g/mol. The van der Waals surface area contributed by atoms with E-state index in [1.165, 1.54) is 0 Å². The summed E-state index contributed by atoms with van der Waals surface area (Å²) < 4.78 is 18.5. The fraction of sp³-hybridized carbons (Fsp3) is 0. The monoisotopic (exact) mass is 80.0 g/mol. The maximum absolute atomic E-state index is 9.50. The third kappa shape index (κ3) is 5980. The number of halogens is 2. The van der Waals surface area contributed by atoms with Gasteiger partial charge in [-0.1, -0.05) is 0 Å². The Morgan fingerprint density at radius 2 is 1.20 bits per heavy atom. The highest BCUT2D eigenvalue weighted by Crippen LogP contribution is 1.10. The van der Waals surface area contributed by atoms with Crippen LogP contribution in [0.25, 0.3) is 0 Å². The van der Waals surface area contributed by atoms with Gasteiger partial charge in [0.2, 0.25) is 0 Å². The molecular formula is H4B2F2O. The van der Waals surface area contributed by atoms with Crippen LogP contribution in [-0.4, -0.2) is 21.7 Å². The summed E-state index contributed by atoms with van der Waals surface area (Å²) in [5.74, 6) is 0. The van der Waals surface area contributed by atoms with E-state index in [2.05, 4.69) is 8.12 Å². The Morgan fingerprint density at radius 1 is 1.20 bits per heavy atom. The van der Waals surface area contributed by atoms with Crippen molar-refractivity contribution in [3.63, 3.8) is 0 Å². The van der Waals surface area contributed by atoms with Gasteiger partial charge in [-0.2, -0.15) is 0 Å². The second-order valence-electron chi connectivity index (χ2n) is 0. The molecule has 0 aliphatic heterocycles. The van der Waals surface area contributed by atoms with Gasteiger partial charge < -0.3 is 14.1 Å². The summed E-state index contributed by atoms with van der Waals surface area (Å²) in [5.41, 5.74) is 0. The van der Waals surface area contributed by atoms with E-state index >= 15 is 0 Å². The van der Waals surface area contributed by atoms with Crippen molar-refractivity contribution in [3.05, 3.63) is 0 Å². The average Bonchev–Trinajstić information content (AvgIpc) is 1.50. The van der Waals surface area contributed by atoms with Crippen molar-refractivity contribution in [3.8, 4) is 0 Å². The van der Waals surface area contributed by atoms with E-state index < -0.39 is 0 Å². The number of hydrogen-bond donors (Lipinski definition) is 0. The number of hydrogen-bond acceptors (Lipinski definition) is 0. The molecule has 0 atom stereocenters. The van der Waals surface area contributed by atoms with Gasteiger partial charge in [-0.25, -0.2) is 0 Å². The zero-order chi connectivity index (χ0) is 4.00. The first-order chi connectivity index (χ1) is 2.00. The van der Waals surface area contributed by atoms with Gasteiger partial charge in [-0.3, -0.25) is 0 Å². The molecule has 0 saturated carbocycles. The molecule has 30 valence electrons. The Bertz CT molecular complexity index is 7.61. The fourth-order valence-corrected chi connectivity index (χ4v) is 0. The summed E-state index contributed by atoms with van der Waals surface area (Å²) in [5, 5.41) is 0. The maximum Gasteiger partial charge on any atom is 0.350 e. The highest BCUT2D eigenvalue weighted by atomic mass is 19.1. The van der Waals surface area contributed by atoms with Gasteiger partial charge in [0.25, 0.3) is 0 Å². The van der Waals surface area contributed by atoms with E-state index in [0.29, 0.717) is 8.12 Å². The SMILES string of the molecule is BF.O.[B]F. The molecule has 0 bridgehead atoms. The van der Waals surface area contributed by atoms with Crippen LogP contribution in [0.5, 0.6) is 0 Å². The summed E-state index contributed by atoms with van der Waals surface area (Å²) >= 11 is 0. The van der Waals surface area contributed by atoms with Gasteiger partial charge in [-0.15, -0.1) is 0 Å². The Hall–Kier alpha value is -0.0501. The van der Waals surface area contributed by atoms with Gasteiger partial charge >= 0.3 is 16.2 Å². The van der Waals surface area contributed by atoms with Gasteiger partial charge in [0.1, 0.15) is 0 Å². The molecule has 2 N–H and O–H groups in total. The highest BCUT2D eigenvalue weighted by Gasteiger charge is 1.06. The fourth-order valence-electron chi connectivity index (χ4n) is 0. The number of rotatable bonds is 0. The lowest BCUT2D eigenvalue weighted by Gasteiger charge is -1.07. The molecule has 0 fully saturated rings. The molecule has 0 unspecified atom stereocenters. The molecule has 0 aliphatic rings. The van der Waals surface area contributed by atoms with Crippen molar-refractivity contribution in [1.82, 2.24) is 0 Å². The predicted octanol–water partition coefficient (Wildman–Crippen LogP) is -1.28. The van der Waals surface area contributed by atoms with Crippen LogP contribution >= 0.6 is 0 Å². The minimum absolute atomic E-state index is 0. The van der Waals surface area contributed by atoms with E-state index in [-0.39, 0.29) is 5.48 Å². The zero-order valence-corrected chi connectivity index (χ0v) is 2.83. The van der Waals surface area contributed by atoms with Crippen molar-refractivity contribution >= 4 is 16.2 Å². The first-order valence-corrected chi connectivity index (χ1v) is 0.596. The molecule has 1 nitrogen and oxygen atoms in total. The van der Waals surface area contributed by atoms with Gasteiger partial charge in [-0.05, 0) is 0 Å². The third-order valence-electron chi connectivity index (χ3n) is 0. The van der Waals surface area contributed by atoms with Gasteiger partial charge in [0, 0.05) is 0 Å². The molecule has 0 aromatic rings. The maximum atomic E-state index is 9.50. The van der Waals surface area contributed by atoms with Crippen LogP contribution in [0.3, 0.4) is 0 Å². The third-order valence-corrected chi connectivity index (χ3v) is 0. The molecule has 5 heavy (non-hydrogen) atoms. The molecule has 0 aromatic carbocycles. The lowest BCUT2D eigenvalue weighted by Crippen LogP contribution is -1.06. The second kappa shape index (κ2) is 13700. The van der Waals surface area contributed by atoms with Crippen molar-refractivity contribution in [2.24, 2.45) is 0 Å². The summed E-state index contributed by atoms with van der Waals surface area (Å²) in [6.45, 7) is 0. The van der Waals surface area contributed by atoms with Crippen molar-refractivity contribution in [1.29, 1.82) is 0 Å². The van der Waals surface area contributed by atoms with E-state index in [4.69, 9.17) is 4.32 Å². The molecule has 0 saturated heterocycles. The predicted molar refractivity (Wildman–Crippen MR) is 20.1 cm³/mol. The second-order valence-corrected chi connectivity index (χ2v) is 0. The molecular weight excluding hydrogens is 75.6 g/mol. The van der Waals surface area contributed by atoms with Crippen LogP contribution in [0.4, 0.5) is 8.63 Å². The van der Waals surface area contributed by atoms with Crippen molar-refractivity contribution in [2.45, 2.75) is 0 Å². The molecule has 0 aliphatic carbocycles. The van der Waals surface area contributed by atoms with E-state index in [1.807, 2.05) is 0 Å². The summed E-state index contributed by atoms with van der Waals surface area (Å²) in [7, 11) is 3.50. The molecule has 5 heteroatoms. The normalized spacial score (nSPS) is 2.00. The van der Waals surface area contributed by atoms with Crippen LogP contribution in [0.2, 0.25) is 0 Å². The Kier molecular flexibility index (Phi) is 55600. The van der Waals surface area contributed by atoms with Crippen LogP contribution in [0.1, 0.15) is 0 Å². The van der Waals surface area contributed by atoms with Crippen LogP contribution in [-0.2, 0) is 0 Å². The van der Waals surface area contributed by atoms with Crippen LogP contribution < -0.4 is 0 Å². The zero-order valence-electron chi connectivity index (χ0n) is 2.83. The molecule has 0 heterocycles. The lowest BCUT2D eigenvalue weighted by molar-refractivity contribution is 0.824. The molecule has 0 amide bonds. The van der Waals surface area contributed by atoms with Gasteiger partial charge in [0.05, 0.1) is 0 Å². The van der Waals surface area contributed by atoms with Gasteiger partial charge in [0.15, 0.2) is 0 Å². The van der Waals surface area contributed by atoms with E-state index in [9.17, 15) is 4.32 Å². The first kappa shape index (κ1) is 20.3. The molecule has 0 aromatic heterocycles. The van der Waals surface area contributed by atoms with Crippen molar-refractivity contribution < 1.29 is 14.1 Å². The molecule has 2 radical (unpaired) electrons. The van der Waals surface area contributed by atoms with Crippen LogP contribution in [0, 0.1) is 0 Å². The summed E-state index contributed by atoms with van der Waals surface area (Å²) in [6, 6.07) is 0. The standard InChI is InChI=1S/BFH2.BF.H2O/c2*1-2;/h1H2;;1H2. The first-order valence-electron chi connectivity index (χ1n) is 0.596. The largest absolute Gasteiger partial charge is 0.412 e. The lowest BCUT2D eigenvalue weighted by atomic mass is 10.7. The van der Waals surface area contributed by atoms with Crippen LogP contribution in [0.15, 0.2) is 0 Å². The summed E-state index contributed by atoms with van der Waals surface area (Å²) in [6.07, 6.45) is 0. The van der Waals surface area contributed by atoms with Crippen molar-refractivity contribution in [2.75, 3.05) is 0 Å². The minimum atomic E-state index is 0. The summed E-state index contributed by atoms with van der Waals surface area (Å²) in [4.78, 5) is 0. The Labute approximate surface area is 31.6 Å². The smallest absolute Gasteiger partial charge is 0.350 e. The van der Waals surface area contributed by atoms with E-state index in [0.717, 1.165) is 0 Å². The molecule has 0 spiro atoms. The Balaban J connectivity index is -0.0000000133. The molecule has 0 rings (SSSR count). The van der Waals surface area contributed by atoms with E-state index in [1.54, 1.807) is 0 Å². The quantitative estimate of drug-likeness (QED) is 0.324. The minimum Gasteiger partial charge on any atom is -0.412 e.